The lowest BCUT2D eigenvalue weighted by Gasteiger charge is -2.21. The van der Waals surface area contributed by atoms with E-state index >= 15 is 0 Å². The molecule has 26 heavy (non-hydrogen) atoms. The van der Waals surface area contributed by atoms with E-state index in [4.69, 9.17) is 0 Å². The molecular formula is C22H38N2O2. The minimum Gasteiger partial charge on any atom is -0.386 e. The molecule has 4 nitrogen and oxygen atoms in total. The molecule has 1 heterocycles. The van der Waals surface area contributed by atoms with Crippen LogP contribution in [0.3, 0.4) is 0 Å². The zero-order valence-electron chi connectivity index (χ0n) is 16.9. The quantitative estimate of drug-likeness (QED) is 0.307. The van der Waals surface area contributed by atoms with Gasteiger partial charge in [0.15, 0.2) is 0 Å². The van der Waals surface area contributed by atoms with Crippen molar-refractivity contribution in [2.45, 2.75) is 96.9 Å². The third-order valence-corrected chi connectivity index (χ3v) is 4.98. The van der Waals surface area contributed by atoms with Crippen molar-refractivity contribution < 1.29 is 9.59 Å². The molecule has 0 bridgehead atoms. The first-order valence-electron chi connectivity index (χ1n) is 10.6. The van der Waals surface area contributed by atoms with Gasteiger partial charge >= 0.3 is 0 Å². The lowest BCUT2D eigenvalue weighted by Crippen LogP contribution is -2.30. The topological polar surface area (TPSA) is 49.4 Å². The van der Waals surface area contributed by atoms with E-state index in [-0.39, 0.29) is 11.8 Å². The maximum atomic E-state index is 11.5. The van der Waals surface area contributed by atoms with Crippen molar-refractivity contribution in [3.63, 3.8) is 0 Å². The van der Waals surface area contributed by atoms with Crippen molar-refractivity contribution in [1.82, 2.24) is 10.2 Å². The maximum absolute atomic E-state index is 11.5. The largest absolute Gasteiger partial charge is 0.386 e. The number of imide groups is 1. The number of hydrogen-bond acceptors (Lipinski definition) is 3. The van der Waals surface area contributed by atoms with Gasteiger partial charge in [0.1, 0.15) is 0 Å². The van der Waals surface area contributed by atoms with Crippen molar-refractivity contribution in [3.05, 3.63) is 24.4 Å². The lowest BCUT2D eigenvalue weighted by atomic mass is 10.0. The number of rotatable bonds is 16. The van der Waals surface area contributed by atoms with Gasteiger partial charge < -0.3 is 5.32 Å². The SMILES string of the molecule is C=C(CCCCCN1C(=O)C=CC1=O)N[C@@H](CCCC)CCCCCC. The van der Waals surface area contributed by atoms with Crippen molar-refractivity contribution in [2.24, 2.45) is 0 Å². The van der Waals surface area contributed by atoms with E-state index < -0.39 is 0 Å². The van der Waals surface area contributed by atoms with E-state index in [0.717, 1.165) is 31.4 Å². The number of unbranched alkanes of at least 4 members (excludes halogenated alkanes) is 6. The van der Waals surface area contributed by atoms with Crippen LogP contribution in [0.25, 0.3) is 0 Å². The summed E-state index contributed by atoms with van der Waals surface area (Å²) in [7, 11) is 0. The van der Waals surface area contributed by atoms with Crippen LogP contribution in [0, 0.1) is 0 Å². The highest BCUT2D eigenvalue weighted by Gasteiger charge is 2.22. The van der Waals surface area contributed by atoms with E-state index in [9.17, 15) is 9.59 Å². The second kappa shape index (κ2) is 13.6. The van der Waals surface area contributed by atoms with Gasteiger partial charge in [-0.1, -0.05) is 65.4 Å². The summed E-state index contributed by atoms with van der Waals surface area (Å²) >= 11 is 0. The molecule has 0 aromatic rings. The molecule has 0 fully saturated rings. The van der Waals surface area contributed by atoms with Crippen LogP contribution in [0.15, 0.2) is 24.4 Å². The minimum atomic E-state index is -0.178. The summed E-state index contributed by atoms with van der Waals surface area (Å²) in [5.74, 6) is -0.356. The van der Waals surface area contributed by atoms with E-state index in [1.807, 2.05) is 0 Å². The second-order valence-electron chi connectivity index (χ2n) is 7.41. The molecule has 0 saturated heterocycles. The molecular weight excluding hydrogens is 324 g/mol. The van der Waals surface area contributed by atoms with Gasteiger partial charge in [0.2, 0.25) is 0 Å². The molecule has 1 rings (SSSR count). The Morgan fingerprint density at radius 3 is 2.19 bits per heavy atom. The standard InChI is InChI=1S/C22H38N2O2/c1-4-6-8-11-15-20(14-7-5-2)23-19(3)13-10-9-12-18-24-21(25)16-17-22(24)26/h16-17,20,23H,3-15,18H2,1-2H3/t20-/m0/s1. The van der Waals surface area contributed by atoms with Crippen LogP contribution in [-0.2, 0) is 9.59 Å². The molecule has 2 amide bonds. The Morgan fingerprint density at radius 1 is 0.923 bits per heavy atom. The van der Waals surface area contributed by atoms with Crippen LogP contribution < -0.4 is 5.32 Å². The molecule has 148 valence electrons. The second-order valence-corrected chi connectivity index (χ2v) is 7.41. The van der Waals surface area contributed by atoms with Gasteiger partial charge in [-0.25, -0.2) is 0 Å². The van der Waals surface area contributed by atoms with Gasteiger partial charge in [-0.15, -0.1) is 0 Å². The predicted octanol–water partition coefficient (Wildman–Crippen LogP) is 5.10. The summed E-state index contributed by atoms with van der Waals surface area (Å²) in [5, 5.41) is 3.65. The normalized spacial score (nSPS) is 14.9. The fourth-order valence-corrected chi connectivity index (χ4v) is 3.35. The molecule has 1 N–H and O–H groups in total. The van der Waals surface area contributed by atoms with Gasteiger partial charge in [0.25, 0.3) is 11.8 Å². The van der Waals surface area contributed by atoms with Crippen LogP contribution >= 0.6 is 0 Å². The van der Waals surface area contributed by atoms with Gasteiger partial charge in [-0.05, 0) is 32.1 Å². The first-order chi connectivity index (χ1) is 12.6. The average molecular weight is 363 g/mol. The van der Waals surface area contributed by atoms with Gasteiger partial charge in [0.05, 0.1) is 0 Å². The highest BCUT2D eigenvalue weighted by molar-refractivity contribution is 6.12. The van der Waals surface area contributed by atoms with Crippen LogP contribution in [0.2, 0.25) is 0 Å². The Bertz CT molecular complexity index is 453. The van der Waals surface area contributed by atoms with Crippen molar-refractivity contribution in [3.8, 4) is 0 Å². The average Bonchev–Trinajstić information content (AvgIpc) is 2.94. The van der Waals surface area contributed by atoms with Crippen LogP contribution in [-0.4, -0.2) is 29.3 Å². The van der Waals surface area contributed by atoms with Gasteiger partial charge in [-0.2, -0.15) is 0 Å². The number of nitrogens with zero attached hydrogens (tertiary/aromatic N) is 1. The van der Waals surface area contributed by atoms with E-state index in [2.05, 4.69) is 25.7 Å². The zero-order valence-corrected chi connectivity index (χ0v) is 16.9. The number of hydrogen-bond donors (Lipinski definition) is 1. The first kappa shape index (κ1) is 22.5. The summed E-state index contributed by atoms with van der Waals surface area (Å²) in [4.78, 5) is 24.3. The Kier molecular flexibility index (Phi) is 11.7. The monoisotopic (exact) mass is 362 g/mol. The Hall–Kier alpha value is -1.58. The van der Waals surface area contributed by atoms with E-state index in [1.54, 1.807) is 0 Å². The van der Waals surface area contributed by atoms with Crippen molar-refractivity contribution in [1.29, 1.82) is 0 Å². The molecule has 4 heteroatoms. The molecule has 1 aliphatic heterocycles. The molecule has 0 unspecified atom stereocenters. The number of amides is 2. The Balaban J connectivity index is 2.16. The highest BCUT2D eigenvalue weighted by atomic mass is 16.2. The van der Waals surface area contributed by atoms with Crippen LogP contribution in [0.1, 0.15) is 90.9 Å². The predicted molar refractivity (Wildman–Crippen MR) is 109 cm³/mol. The number of carbonyl (C=O) groups is 2. The third kappa shape index (κ3) is 9.21. The number of allylic oxidation sites excluding steroid dienone is 1. The molecule has 1 atom stereocenters. The first-order valence-corrected chi connectivity index (χ1v) is 10.6. The van der Waals surface area contributed by atoms with Crippen molar-refractivity contribution in [2.75, 3.05) is 6.54 Å². The fraction of sp³-hybridized carbons (Fsp3) is 0.727. The summed E-state index contributed by atoms with van der Waals surface area (Å²) in [6.07, 6.45) is 16.8. The van der Waals surface area contributed by atoms with Gasteiger partial charge in [0, 0.05) is 30.4 Å². The maximum Gasteiger partial charge on any atom is 0.253 e. The fourth-order valence-electron chi connectivity index (χ4n) is 3.35. The smallest absolute Gasteiger partial charge is 0.253 e. The molecule has 0 radical (unpaired) electrons. The third-order valence-electron chi connectivity index (χ3n) is 4.98. The van der Waals surface area contributed by atoms with E-state index in [1.165, 1.54) is 68.4 Å². The van der Waals surface area contributed by atoms with E-state index in [0.29, 0.717) is 12.6 Å². The Labute approximate surface area is 160 Å². The van der Waals surface area contributed by atoms with Crippen molar-refractivity contribution >= 4 is 11.8 Å². The van der Waals surface area contributed by atoms with Crippen LogP contribution in [0.5, 0.6) is 0 Å². The zero-order chi connectivity index (χ0) is 19.2. The highest BCUT2D eigenvalue weighted by Crippen LogP contribution is 2.14. The Morgan fingerprint density at radius 2 is 1.54 bits per heavy atom. The molecule has 0 aliphatic carbocycles. The lowest BCUT2D eigenvalue weighted by molar-refractivity contribution is -0.136. The van der Waals surface area contributed by atoms with Crippen LogP contribution in [0.4, 0.5) is 0 Å². The summed E-state index contributed by atoms with van der Waals surface area (Å²) in [6, 6.07) is 0.560. The summed E-state index contributed by atoms with van der Waals surface area (Å²) in [5.41, 5.74) is 1.14. The molecule has 0 spiro atoms. The molecule has 1 aliphatic rings. The summed E-state index contributed by atoms with van der Waals surface area (Å²) < 4.78 is 0. The number of nitrogens with one attached hydrogen (secondary N) is 1. The summed E-state index contributed by atoms with van der Waals surface area (Å²) in [6.45, 7) is 9.23. The molecule has 0 aromatic heterocycles. The van der Waals surface area contributed by atoms with Gasteiger partial charge in [-0.3, -0.25) is 14.5 Å². The molecule has 0 saturated carbocycles. The minimum absolute atomic E-state index is 0.178. The number of carbonyl (C=O) groups excluding carboxylic acids is 2. The molecule has 0 aromatic carbocycles.